The SMILES string of the molecule is COc1cc(C(=O)NCc2ccccc2)cc(OC)c1O. The Labute approximate surface area is 123 Å². The molecule has 2 aromatic rings. The Morgan fingerprint density at radius 2 is 1.67 bits per heavy atom. The third-order valence-corrected chi connectivity index (χ3v) is 3.04. The van der Waals surface area contributed by atoms with Crippen molar-refractivity contribution in [3.63, 3.8) is 0 Å². The first-order valence-electron chi connectivity index (χ1n) is 6.42. The van der Waals surface area contributed by atoms with Gasteiger partial charge in [-0.2, -0.15) is 0 Å². The number of rotatable bonds is 5. The van der Waals surface area contributed by atoms with Crippen LogP contribution in [0, 0.1) is 0 Å². The molecule has 110 valence electrons. The Kier molecular flexibility index (Phi) is 4.66. The van der Waals surface area contributed by atoms with Crippen molar-refractivity contribution in [2.75, 3.05) is 14.2 Å². The molecule has 0 bridgehead atoms. The number of benzene rings is 2. The Morgan fingerprint density at radius 3 is 2.19 bits per heavy atom. The number of carbonyl (C=O) groups is 1. The Bertz CT molecular complexity index is 600. The quantitative estimate of drug-likeness (QED) is 0.885. The summed E-state index contributed by atoms with van der Waals surface area (Å²) in [5.74, 6) is -0.00603. The Morgan fingerprint density at radius 1 is 1.10 bits per heavy atom. The number of hydrogen-bond donors (Lipinski definition) is 2. The van der Waals surface area contributed by atoms with Gasteiger partial charge in [-0.25, -0.2) is 0 Å². The molecule has 0 heterocycles. The predicted molar refractivity (Wildman–Crippen MR) is 78.8 cm³/mol. The number of phenols is 1. The average molecular weight is 287 g/mol. The fourth-order valence-electron chi connectivity index (χ4n) is 1.90. The minimum atomic E-state index is -0.268. The smallest absolute Gasteiger partial charge is 0.251 e. The zero-order chi connectivity index (χ0) is 15.2. The van der Waals surface area contributed by atoms with Crippen LogP contribution in [-0.4, -0.2) is 25.2 Å². The molecular formula is C16H17NO4. The van der Waals surface area contributed by atoms with Crippen molar-refractivity contribution < 1.29 is 19.4 Å². The predicted octanol–water partition coefficient (Wildman–Crippen LogP) is 2.34. The van der Waals surface area contributed by atoms with E-state index in [9.17, 15) is 9.90 Å². The summed E-state index contributed by atoms with van der Waals surface area (Å²) in [4.78, 5) is 12.2. The van der Waals surface area contributed by atoms with E-state index in [2.05, 4.69) is 5.32 Å². The summed E-state index contributed by atoms with van der Waals surface area (Å²) in [6.45, 7) is 0.422. The van der Waals surface area contributed by atoms with Crippen LogP contribution in [0.2, 0.25) is 0 Å². The molecule has 0 aliphatic rings. The van der Waals surface area contributed by atoms with Gasteiger partial charge in [-0.1, -0.05) is 30.3 Å². The van der Waals surface area contributed by atoms with Gasteiger partial charge >= 0.3 is 0 Å². The fourth-order valence-corrected chi connectivity index (χ4v) is 1.90. The number of methoxy groups -OCH3 is 2. The highest BCUT2D eigenvalue weighted by atomic mass is 16.5. The second-order valence-electron chi connectivity index (χ2n) is 4.40. The average Bonchev–Trinajstić information content (AvgIpc) is 2.53. The lowest BCUT2D eigenvalue weighted by Crippen LogP contribution is -2.22. The van der Waals surface area contributed by atoms with Gasteiger partial charge in [-0.15, -0.1) is 0 Å². The van der Waals surface area contributed by atoms with E-state index in [-0.39, 0.29) is 23.2 Å². The van der Waals surface area contributed by atoms with Crippen LogP contribution < -0.4 is 14.8 Å². The summed E-state index contributed by atoms with van der Waals surface area (Å²) in [6.07, 6.45) is 0. The van der Waals surface area contributed by atoms with E-state index in [0.717, 1.165) is 5.56 Å². The van der Waals surface area contributed by atoms with Crippen molar-refractivity contribution in [1.29, 1.82) is 0 Å². The zero-order valence-corrected chi connectivity index (χ0v) is 11.9. The van der Waals surface area contributed by atoms with Gasteiger partial charge < -0.3 is 19.9 Å². The van der Waals surface area contributed by atoms with Gasteiger partial charge in [0.05, 0.1) is 14.2 Å². The molecule has 2 N–H and O–H groups in total. The van der Waals surface area contributed by atoms with Gasteiger partial charge in [0.15, 0.2) is 11.5 Å². The zero-order valence-electron chi connectivity index (χ0n) is 11.9. The number of phenolic OH excluding ortho intramolecular Hbond substituents is 1. The summed E-state index contributed by atoms with van der Waals surface area (Å²) < 4.78 is 10.1. The molecule has 5 heteroatoms. The van der Waals surface area contributed by atoms with Crippen molar-refractivity contribution >= 4 is 5.91 Å². The van der Waals surface area contributed by atoms with E-state index < -0.39 is 0 Å². The van der Waals surface area contributed by atoms with E-state index in [1.807, 2.05) is 30.3 Å². The molecule has 0 aromatic heterocycles. The molecule has 5 nitrogen and oxygen atoms in total. The van der Waals surface area contributed by atoms with Crippen LogP contribution in [0.15, 0.2) is 42.5 Å². The van der Waals surface area contributed by atoms with Crippen molar-refractivity contribution in [1.82, 2.24) is 5.32 Å². The molecule has 2 aromatic carbocycles. The minimum Gasteiger partial charge on any atom is -0.502 e. The molecule has 0 saturated heterocycles. The monoisotopic (exact) mass is 287 g/mol. The van der Waals surface area contributed by atoms with E-state index in [0.29, 0.717) is 12.1 Å². The first-order chi connectivity index (χ1) is 10.2. The summed E-state index contributed by atoms with van der Waals surface area (Å²) in [7, 11) is 2.83. The van der Waals surface area contributed by atoms with Crippen molar-refractivity contribution in [2.45, 2.75) is 6.54 Å². The third-order valence-electron chi connectivity index (χ3n) is 3.04. The Balaban J connectivity index is 2.15. The molecule has 0 aliphatic carbocycles. The highest BCUT2D eigenvalue weighted by Gasteiger charge is 2.15. The first kappa shape index (κ1) is 14.7. The number of hydrogen-bond acceptors (Lipinski definition) is 4. The molecule has 2 rings (SSSR count). The van der Waals surface area contributed by atoms with Gasteiger partial charge in [-0.05, 0) is 17.7 Å². The summed E-state index contributed by atoms with van der Waals surface area (Å²) >= 11 is 0. The highest BCUT2D eigenvalue weighted by Crippen LogP contribution is 2.36. The fraction of sp³-hybridized carbons (Fsp3) is 0.188. The van der Waals surface area contributed by atoms with Gasteiger partial charge in [0.1, 0.15) is 0 Å². The number of aromatic hydroxyl groups is 1. The van der Waals surface area contributed by atoms with Crippen LogP contribution in [0.4, 0.5) is 0 Å². The minimum absolute atomic E-state index is 0.125. The lowest BCUT2D eigenvalue weighted by molar-refractivity contribution is 0.0950. The second-order valence-corrected chi connectivity index (χ2v) is 4.40. The lowest BCUT2D eigenvalue weighted by atomic mass is 10.1. The molecule has 0 fully saturated rings. The van der Waals surface area contributed by atoms with E-state index in [4.69, 9.17) is 9.47 Å². The maximum absolute atomic E-state index is 12.2. The first-order valence-corrected chi connectivity index (χ1v) is 6.42. The largest absolute Gasteiger partial charge is 0.502 e. The molecule has 0 atom stereocenters. The molecule has 0 spiro atoms. The molecular weight excluding hydrogens is 270 g/mol. The number of carbonyl (C=O) groups excluding carboxylic acids is 1. The van der Waals surface area contributed by atoms with Crippen LogP contribution in [0.1, 0.15) is 15.9 Å². The third kappa shape index (κ3) is 3.45. The van der Waals surface area contributed by atoms with Gasteiger partial charge in [0, 0.05) is 12.1 Å². The van der Waals surface area contributed by atoms with Crippen molar-refractivity contribution in [2.24, 2.45) is 0 Å². The van der Waals surface area contributed by atoms with E-state index in [1.54, 1.807) is 0 Å². The highest BCUT2D eigenvalue weighted by molar-refractivity contribution is 5.95. The van der Waals surface area contributed by atoms with Crippen LogP contribution in [0.5, 0.6) is 17.2 Å². The second kappa shape index (κ2) is 6.65. The van der Waals surface area contributed by atoms with Gasteiger partial charge in [0.25, 0.3) is 5.91 Å². The molecule has 1 amide bonds. The molecule has 0 radical (unpaired) electrons. The molecule has 21 heavy (non-hydrogen) atoms. The molecule has 0 aliphatic heterocycles. The van der Waals surface area contributed by atoms with Crippen molar-refractivity contribution in [3.8, 4) is 17.2 Å². The van der Waals surface area contributed by atoms with E-state index >= 15 is 0 Å². The number of ether oxygens (including phenoxy) is 2. The van der Waals surface area contributed by atoms with Crippen molar-refractivity contribution in [3.05, 3.63) is 53.6 Å². The lowest BCUT2D eigenvalue weighted by Gasteiger charge is -2.11. The van der Waals surface area contributed by atoms with Gasteiger partial charge in [-0.3, -0.25) is 4.79 Å². The molecule has 0 saturated carbocycles. The summed E-state index contributed by atoms with van der Waals surface area (Å²) in [6, 6.07) is 12.5. The standard InChI is InChI=1S/C16H17NO4/c1-20-13-8-12(9-14(21-2)15(13)18)16(19)17-10-11-6-4-3-5-7-11/h3-9,18H,10H2,1-2H3,(H,17,19). The number of amides is 1. The normalized spacial score (nSPS) is 10.0. The van der Waals surface area contributed by atoms with Crippen LogP contribution in [0.25, 0.3) is 0 Å². The molecule has 0 unspecified atom stereocenters. The summed E-state index contributed by atoms with van der Waals surface area (Å²) in [5, 5.41) is 12.6. The van der Waals surface area contributed by atoms with Crippen LogP contribution in [-0.2, 0) is 6.54 Å². The summed E-state index contributed by atoms with van der Waals surface area (Å²) in [5.41, 5.74) is 1.36. The van der Waals surface area contributed by atoms with E-state index in [1.165, 1.54) is 26.4 Å². The Hall–Kier alpha value is -2.69. The topological polar surface area (TPSA) is 67.8 Å². The maximum Gasteiger partial charge on any atom is 0.251 e. The van der Waals surface area contributed by atoms with Crippen LogP contribution >= 0.6 is 0 Å². The maximum atomic E-state index is 12.2. The van der Waals surface area contributed by atoms with Gasteiger partial charge in [0.2, 0.25) is 5.75 Å². The van der Waals surface area contributed by atoms with Crippen LogP contribution in [0.3, 0.4) is 0 Å². The number of nitrogens with one attached hydrogen (secondary N) is 1.